The summed E-state index contributed by atoms with van der Waals surface area (Å²) in [6.07, 6.45) is 0. The van der Waals surface area contributed by atoms with Gasteiger partial charge in [-0.3, -0.25) is 4.79 Å². The first-order valence-corrected chi connectivity index (χ1v) is 4.59. The molecule has 0 saturated carbocycles. The Morgan fingerprint density at radius 2 is 1.67 bits per heavy atom. The fourth-order valence-electron chi connectivity index (χ4n) is 0.819. The number of rotatable bonds is 5. The lowest BCUT2D eigenvalue weighted by Crippen LogP contribution is -2.42. The molecule has 0 unspecified atom stereocenters. The Morgan fingerprint density at radius 3 is 2.07 bits per heavy atom. The number of carbonyl (C=O) groups is 2. The third kappa shape index (κ3) is 3.45. The van der Waals surface area contributed by atoms with Crippen molar-refractivity contribution in [1.82, 2.24) is 0 Å². The Kier molecular flexibility index (Phi) is 5.18. The molecule has 0 aliphatic heterocycles. The third-order valence-corrected chi connectivity index (χ3v) is 1.73. The smallest absolute Gasteiger partial charge is 0.377 e. The first-order chi connectivity index (χ1) is 6.87. The Labute approximate surface area is 86.5 Å². The van der Waals surface area contributed by atoms with Crippen LogP contribution in [0.1, 0.15) is 20.8 Å². The molecule has 15 heavy (non-hydrogen) atoms. The molecule has 1 atom stereocenters. The molecular formula is C9H14F2O4. The second kappa shape index (κ2) is 5.63. The average Bonchev–Trinajstić information content (AvgIpc) is 2.17. The van der Waals surface area contributed by atoms with Gasteiger partial charge in [-0.2, -0.15) is 8.78 Å². The molecule has 0 fully saturated rings. The molecule has 0 heterocycles. The van der Waals surface area contributed by atoms with Crippen LogP contribution in [0, 0.1) is 5.92 Å². The minimum Gasteiger partial charge on any atom is -0.466 e. The molecular weight excluding hydrogens is 210 g/mol. The van der Waals surface area contributed by atoms with Gasteiger partial charge in [0.2, 0.25) is 0 Å². The second-order valence-corrected chi connectivity index (χ2v) is 2.82. The standard InChI is InChI=1S/C9H14F2O4/c1-4-14-7(12)6(3)9(10,11)8(13)15-5-2/h6H,4-5H2,1-3H3/t6-/m0/s1. The molecule has 4 nitrogen and oxygen atoms in total. The zero-order valence-electron chi connectivity index (χ0n) is 8.88. The van der Waals surface area contributed by atoms with Gasteiger partial charge in [0, 0.05) is 0 Å². The molecule has 0 aliphatic carbocycles. The van der Waals surface area contributed by atoms with E-state index in [1.165, 1.54) is 13.8 Å². The first-order valence-electron chi connectivity index (χ1n) is 4.59. The number of hydrogen-bond acceptors (Lipinski definition) is 4. The molecule has 0 aliphatic rings. The summed E-state index contributed by atoms with van der Waals surface area (Å²) in [5.41, 5.74) is 0. The van der Waals surface area contributed by atoms with Crippen molar-refractivity contribution < 1.29 is 27.8 Å². The van der Waals surface area contributed by atoms with Crippen LogP contribution in [0.4, 0.5) is 8.78 Å². The van der Waals surface area contributed by atoms with Crippen molar-refractivity contribution in [1.29, 1.82) is 0 Å². The molecule has 0 N–H and O–H groups in total. The Hall–Kier alpha value is -1.20. The van der Waals surface area contributed by atoms with E-state index in [0.717, 1.165) is 6.92 Å². The van der Waals surface area contributed by atoms with Gasteiger partial charge in [-0.25, -0.2) is 4.79 Å². The minimum absolute atomic E-state index is 0.0118. The van der Waals surface area contributed by atoms with Crippen LogP contribution in [0.5, 0.6) is 0 Å². The SMILES string of the molecule is CCOC(=O)[C@H](C)C(F)(F)C(=O)OCC. The maximum Gasteiger partial charge on any atom is 0.377 e. The summed E-state index contributed by atoms with van der Waals surface area (Å²) in [7, 11) is 0. The van der Waals surface area contributed by atoms with Gasteiger partial charge in [-0.1, -0.05) is 0 Å². The molecule has 6 heteroatoms. The lowest BCUT2D eigenvalue weighted by atomic mass is 10.0. The summed E-state index contributed by atoms with van der Waals surface area (Å²) in [6.45, 7) is 3.65. The third-order valence-electron chi connectivity index (χ3n) is 1.73. The van der Waals surface area contributed by atoms with Crippen LogP contribution in [0.2, 0.25) is 0 Å². The molecule has 0 bridgehead atoms. The lowest BCUT2D eigenvalue weighted by Gasteiger charge is -2.19. The fourth-order valence-corrected chi connectivity index (χ4v) is 0.819. The zero-order valence-corrected chi connectivity index (χ0v) is 8.88. The number of hydrogen-bond donors (Lipinski definition) is 0. The van der Waals surface area contributed by atoms with Gasteiger partial charge in [-0.15, -0.1) is 0 Å². The largest absolute Gasteiger partial charge is 0.466 e. The Bertz CT molecular complexity index is 240. The zero-order chi connectivity index (χ0) is 12.1. The summed E-state index contributed by atoms with van der Waals surface area (Å²) in [4.78, 5) is 21.8. The maximum atomic E-state index is 13.2. The molecule has 88 valence electrons. The van der Waals surface area contributed by atoms with Crippen molar-refractivity contribution in [2.24, 2.45) is 5.92 Å². The normalized spacial score (nSPS) is 13.1. The highest BCUT2D eigenvalue weighted by Crippen LogP contribution is 2.27. The highest BCUT2D eigenvalue weighted by Gasteiger charge is 2.50. The van der Waals surface area contributed by atoms with E-state index in [4.69, 9.17) is 0 Å². The van der Waals surface area contributed by atoms with Crippen LogP contribution < -0.4 is 0 Å². The van der Waals surface area contributed by atoms with Crippen molar-refractivity contribution >= 4 is 11.9 Å². The van der Waals surface area contributed by atoms with Crippen molar-refractivity contribution in [3.8, 4) is 0 Å². The van der Waals surface area contributed by atoms with Crippen LogP contribution >= 0.6 is 0 Å². The Morgan fingerprint density at radius 1 is 1.20 bits per heavy atom. The van der Waals surface area contributed by atoms with E-state index in [1.54, 1.807) is 0 Å². The van der Waals surface area contributed by atoms with Gasteiger partial charge in [0.05, 0.1) is 13.2 Å². The molecule has 0 aromatic heterocycles. The second-order valence-electron chi connectivity index (χ2n) is 2.82. The summed E-state index contributed by atoms with van der Waals surface area (Å²) in [6, 6.07) is 0. The van der Waals surface area contributed by atoms with E-state index in [0.29, 0.717) is 0 Å². The molecule has 0 aromatic rings. The first kappa shape index (κ1) is 13.8. The highest BCUT2D eigenvalue weighted by atomic mass is 19.3. The minimum atomic E-state index is -3.84. The predicted molar refractivity (Wildman–Crippen MR) is 47.4 cm³/mol. The Balaban J connectivity index is 4.56. The monoisotopic (exact) mass is 224 g/mol. The molecule has 0 spiro atoms. The summed E-state index contributed by atoms with van der Waals surface area (Å²) in [5.74, 6) is -8.50. The molecule has 0 aromatic carbocycles. The van der Waals surface area contributed by atoms with Crippen LogP contribution in [0.15, 0.2) is 0 Å². The van der Waals surface area contributed by atoms with Crippen molar-refractivity contribution in [2.75, 3.05) is 13.2 Å². The summed E-state index contributed by atoms with van der Waals surface area (Å²) >= 11 is 0. The summed E-state index contributed by atoms with van der Waals surface area (Å²) in [5, 5.41) is 0. The van der Waals surface area contributed by atoms with Crippen LogP contribution in [0.25, 0.3) is 0 Å². The number of carbonyl (C=O) groups excluding carboxylic acids is 2. The van der Waals surface area contributed by atoms with Crippen LogP contribution in [0.3, 0.4) is 0 Å². The van der Waals surface area contributed by atoms with Crippen LogP contribution in [-0.4, -0.2) is 31.1 Å². The number of ether oxygens (including phenoxy) is 2. The number of alkyl halides is 2. The molecule has 0 rings (SSSR count). The molecule has 0 amide bonds. The highest BCUT2D eigenvalue weighted by molar-refractivity contribution is 5.85. The van der Waals surface area contributed by atoms with Crippen LogP contribution in [-0.2, 0) is 19.1 Å². The van der Waals surface area contributed by atoms with E-state index < -0.39 is 23.8 Å². The number of halogens is 2. The van der Waals surface area contributed by atoms with Crippen molar-refractivity contribution in [3.63, 3.8) is 0 Å². The maximum absolute atomic E-state index is 13.2. The number of esters is 2. The summed E-state index contributed by atoms with van der Waals surface area (Å²) < 4.78 is 34.9. The van der Waals surface area contributed by atoms with Crippen molar-refractivity contribution in [3.05, 3.63) is 0 Å². The molecule has 0 saturated heterocycles. The van der Waals surface area contributed by atoms with E-state index in [-0.39, 0.29) is 13.2 Å². The van der Waals surface area contributed by atoms with Gasteiger partial charge in [0.25, 0.3) is 0 Å². The quantitative estimate of drug-likeness (QED) is 0.662. The van der Waals surface area contributed by atoms with Gasteiger partial charge in [-0.05, 0) is 20.8 Å². The van der Waals surface area contributed by atoms with E-state index in [1.807, 2.05) is 0 Å². The van der Waals surface area contributed by atoms with E-state index >= 15 is 0 Å². The molecule has 0 radical (unpaired) electrons. The van der Waals surface area contributed by atoms with Crippen molar-refractivity contribution in [2.45, 2.75) is 26.7 Å². The van der Waals surface area contributed by atoms with Gasteiger partial charge in [0.15, 0.2) is 0 Å². The van der Waals surface area contributed by atoms with E-state index in [2.05, 4.69) is 9.47 Å². The van der Waals surface area contributed by atoms with Gasteiger partial charge in [0.1, 0.15) is 5.92 Å². The van der Waals surface area contributed by atoms with E-state index in [9.17, 15) is 18.4 Å². The average molecular weight is 224 g/mol. The topological polar surface area (TPSA) is 52.6 Å². The van der Waals surface area contributed by atoms with Gasteiger partial charge >= 0.3 is 17.9 Å². The fraction of sp³-hybridized carbons (Fsp3) is 0.778. The lowest BCUT2D eigenvalue weighted by molar-refractivity contribution is -0.187. The van der Waals surface area contributed by atoms with Gasteiger partial charge < -0.3 is 9.47 Å². The predicted octanol–water partition coefficient (Wildman–Crippen LogP) is 1.38.